The van der Waals surface area contributed by atoms with Gasteiger partial charge in [0.25, 0.3) is 0 Å². The van der Waals surface area contributed by atoms with Gasteiger partial charge in [0.1, 0.15) is 6.10 Å². The average molecular weight is 227 g/mol. The summed E-state index contributed by atoms with van der Waals surface area (Å²) >= 11 is 5.69. The summed E-state index contributed by atoms with van der Waals surface area (Å²) in [5, 5.41) is 28.2. The molecule has 0 spiro atoms. The van der Waals surface area contributed by atoms with Crippen LogP contribution in [0.5, 0.6) is 0 Å². The zero-order valence-electron chi connectivity index (χ0n) is 7.89. The molecule has 4 N–H and O–H groups in total. The fraction of sp³-hybridized carbons (Fsp3) is 0.300. The van der Waals surface area contributed by atoms with Gasteiger partial charge in [-0.05, 0) is 12.1 Å². The maximum atomic E-state index is 9.67. The van der Waals surface area contributed by atoms with E-state index in [2.05, 4.69) is 0 Å². The van der Waals surface area contributed by atoms with Gasteiger partial charge in [0.2, 0.25) is 0 Å². The molecule has 2 atom stereocenters. The highest BCUT2D eigenvalue weighted by atomic mass is 35.5. The second kappa shape index (κ2) is 5.10. The summed E-state index contributed by atoms with van der Waals surface area (Å²) in [5.74, 6) is 0. The van der Waals surface area contributed by atoms with E-state index >= 15 is 0 Å². The number of nitriles is 1. The van der Waals surface area contributed by atoms with E-state index in [0.717, 1.165) is 0 Å². The lowest BCUT2D eigenvalue weighted by molar-refractivity contribution is 0.0242. The number of hydrogen-bond donors (Lipinski definition) is 3. The third kappa shape index (κ3) is 2.67. The van der Waals surface area contributed by atoms with Gasteiger partial charge in [-0.25, -0.2) is 0 Å². The van der Waals surface area contributed by atoms with E-state index in [-0.39, 0.29) is 12.1 Å². The van der Waals surface area contributed by atoms with Crippen molar-refractivity contribution in [2.24, 2.45) is 5.73 Å². The van der Waals surface area contributed by atoms with Crippen molar-refractivity contribution in [3.8, 4) is 6.07 Å². The lowest BCUT2D eigenvalue weighted by atomic mass is 9.99. The summed E-state index contributed by atoms with van der Waals surface area (Å²) in [6.45, 7) is -0.0747. The van der Waals surface area contributed by atoms with Crippen LogP contribution in [0, 0.1) is 11.3 Å². The first-order chi connectivity index (χ1) is 7.10. The standard InChI is InChI=1S/C10H11ClN2O2/c11-7-1-2-8(6(3-7)4-12)10(15)9(14)5-13/h1-3,9-10,14-15H,5,13H2. The van der Waals surface area contributed by atoms with Crippen molar-refractivity contribution in [2.75, 3.05) is 6.54 Å². The van der Waals surface area contributed by atoms with E-state index < -0.39 is 12.2 Å². The molecule has 0 fully saturated rings. The highest BCUT2D eigenvalue weighted by molar-refractivity contribution is 6.30. The van der Waals surface area contributed by atoms with Crippen LogP contribution in [0.3, 0.4) is 0 Å². The monoisotopic (exact) mass is 226 g/mol. The van der Waals surface area contributed by atoms with Crippen LogP contribution in [0.1, 0.15) is 17.2 Å². The Kier molecular flexibility index (Phi) is 4.06. The Morgan fingerprint density at radius 3 is 2.67 bits per heavy atom. The van der Waals surface area contributed by atoms with Crippen LogP contribution in [-0.2, 0) is 0 Å². The summed E-state index contributed by atoms with van der Waals surface area (Å²) < 4.78 is 0. The van der Waals surface area contributed by atoms with E-state index in [4.69, 9.17) is 22.6 Å². The summed E-state index contributed by atoms with van der Waals surface area (Å²) in [6, 6.07) is 6.38. The molecule has 2 unspecified atom stereocenters. The number of benzene rings is 1. The average Bonchev–Trinajstić information content (AvgIpc) is 2.26. The predicted octanol–water partition coefficient (Wildman–Crippen LogP) is 0.565. The van der Waals surface area contributed by atoms with Gasteiger partial charge in [-0.15, -0.1) is 0 Å². The molecule has 0 aliphatic heterocycles. The van der Waals surface area contributed by atoms with Crippen LogP contribution in [0.15, 0.2) is 18.2 Å². The number of nitrogens with zero attached hydrogens (tertiary/aromatic N) is 1. The van der Waals surface area contributed by atoms with Gasteiger partial charge >= 0.3 is 0 Å². The van der Waals surface area contributed by atoms with Gasteiger partial charge in [0, 0.05) is 17.1 Å². The highest BCUT2D eigenvalue weighted by Crippen LogP contribution is 2.23. The molecule has 0 radical (unpaired) electrons. The zero-order chi connectivity index (χ0) is 11.4. The molecule has 0 aromatic heterocycles. The SMILES string of the molecule is N#Cc1cc(Cl)ccc1C(O)C(O)CN. The third-order valence-electron chi connectivity index (χ3n) is 2.06. The van der Waals surface area contributed by atoms with E-state index in [9.17, 15) is 10.2 Å². The van der Waals surface area contributed by atoms with Crippen LogP contribution in [0.2, 0.25) is 5.02 Å². The van der Waals surface area contributed by atoms with E-state index in [1.54, 1.807) is 6.07 Å². The molecule has 1 aromatic rings. The normalized spacial score (nSPS) is 14.3. The van der Waals surface area contributed by atoms with Crippen LogP contribution in [0.25, 0.3) is 0 Å². The number of hydrogen-bond acceptors (Lipinski definition) is 4. The van der Waals surface area contributed by atoms with Crippen LogP contribution >= 0.6 is 11.6 Å². The summed E-state index contributed by atoms with van der Waals surface area (Å²) in [4.78, 5) is 0. The lowest BCUT2D eigenvalue weighted by Crippen LogP contribution is -2.27. The number of rotatable bonds is 3. The first kappa shape index (κ1) is 12.0. The molecule has 0 amide bonds. The van der Waals surface area contributed by atoms with Crippen molar-refractivity contribution < 1.29 is 10.2 Å². The summed E-state index contributed by atoms with van der Waals surface area (Å²) in [5.41, 5.74) is 5.78. The summed E-state index contributed by atoms with van der Waals surface area (Å²) in [6.07, 6.45) is -2.25. The Morgan fingerprint density at radius 2 is 2.13 bits per heavy atom. The Labute approximate surface area is 92.5 Å². The molecule has 4 nitrogen and oxygen atoms in total. The maximum Gasteiger partial charge on any atom is 0.107 e. The van der Waals surface area contributed by atoms with Gasteiger partial charge < -0.3 is 15.9 Å². The molecule has 0 saturated carbocycles. The van der Waals surface area contributed by atoms with Crippen molar-refractivity contribution in [3.63, 3.8) is 0 Å². The molecule has 0 saturated heterocycles. The Bertz CT molecular complexity index is 389. The van der Waals surface area contributed by atoms with Gasteiger partial charge in [0.05, 0.1) is 17.7 Å². The van der Waals surface area contributed by atoms with Crippen molar-refractivity contribution in [1.29, 1.82) is 5.26 Å². The largest absolute Gasteiger partial charge is 0.389 e. The molecule has 0 aliphatic carbocycles. The number of halogens is 1. The third-order valence-corrected chi connectivity index (χ3v) is 2.30. The quantitative estimate of drug-likeness (QED) is 0.703. The Morgan fingerprint density at radius 1 is 1.47 bits per heavy atom. The fourth-order valence-corrected chi connectivity index (χ4v) is 1.39. The highest BCUT2D eigenvalue weighted by Gasteiger charge is 2.19. The van der Waals surface area contributed by atoms with E-state index in [0.29, 0.717) is 10.6 Å². The fourth-order valence-electron chi connectivity index (χ4n) is 1.22. The molecule has 0 bridgehead atoms. The second-order valence-corrected chi connectivity index (χ2v) is 3.53. The number of aliphatic hydroxyl groups excluding tert-OH is 2. The van der Waals surface area contributed by atoms with Gasteiger partial charge in [-0.2, -0.15) is 5.26 Å². The molecule has 1 aromatic carbocycles. The minimum absolute atomic E-state index is 0.0747. The van der Waals surface area contributed by atoms with Gasteiger partial charge in [0.15, 0.2) is 0 Å². The topological polar surface area (TPSA) is 90.3 Å². The van der Waals surface area contributed by atoms with E-state index in [1.807, 2.05) is 6.07 Å². The molecule has 80 valence electrons. The summed E-state index contributed by atoms with van der Waals surface area (Å²) in [7, 11) is 0. The number of aliphatic hydroxyl groups is 2. The molecular formula is C10H11ClN2O2. The van der Waals surface area contributed by atoms with Crippen LogP contribution < -0.4 is 5.73 Å². The molecule has 1 rings (SSSR count). The van der Waals surface area contributed by atoms with Gasteiger partial charge in [-0.1, -0.05) is 17.7 Å². The Balaban J connectivity index is 3.09. The minimum Gasteiger partial charge on any atom is -0.389 e. The van der Waals surface area contributed by atoms with Crippen molar-refractivity contribution in [1.82, 2.24) is 0 Å². The van der Waals surface area contributed by atoms with Crippen molar-refractivity contribution in [3.05, 3.63) is 34.3 Å². The van der Waals surface area contributed by atoms with Crippen LogP contribution in [-0.4, -0.2) is 22.9 Å². The van der Waals surface area contributed by atoms with Crippen molar-refractivity contribution >= 4 is 11.6 Å². The molecule has 5 heteroatoms. The molecule has 0 aliphatic rings. The molecule has 0 heterocycles. The first-order valence-electron chi connectivity index (χ1n) is 4.36. The molecule has 15 heavy (non-hydrogen) atoms. The Hall–Kier alpha value is -1.12. The second-order valence-electron chi connectivity index (χ2n) is 3.09. The number of nitrogens with two attached hydrogens (primary N) is 1. The minimum atomic E-state index is -1.16. The zero-order valence-corrected chi connectivity index (χ0v) is 8.65. The first-order valence-corrected chi connectivity index (χ1v) is 4.73. The smallest absolute Gasteiger partial charge is 0.107 e. The maximum absolute atomic E-state index is 9.67. The molecular weight excluding hydrogens is 216 g/mol. The van der Waals surface area contributed by atoms with E-state index in [1.165, 1.54) is 12.1 Å². The predicted molar refractivity (Wildman–Crippen MR) is 56.2 cm³/mol. The lowest BCUT2D eigenvalue weighted by Gasteiger charge is -2.17. The van der Waals surface area contributed by atoms with Gasteiger partial charge in [-0.3, -0.25) is 0 Å². The van der Waals surface area contributed by atoms with Crippen molar-refractivity contribution in [2.45, 2.75) is 12.2 Å². The van der Waals surface area contributed by atoms with Crippen LogP contribution in [0.4, 0.5) is 0 Å².